The van der Waals surface area contributed by atoms with E-state index in [1.54, 1.807) is 6.08 Å². The molecule has 0 saturated carbocycles. The molecule has 2 heteroatoms. The van der Waals surface area contributed by atoms with Crippen molar-refractivity contribution in [3.8, 4) is 24.0 Å². The summed E-state index contributed by atoms with van der Waals surface area (Å²) in [4.78, 5) is 0. The molecule has 0 unspecified atom stereocenters. The monoisotopic (exact) mass is 254 g/mol. The van der Waals surface area contributed by atoms with Gasteiger partial charge < -0.3 is 0 Å². The van der Waals surface area contributed by atoms with Crippen LogP contribution in [0.2, 0.25) is 0 Å². The summed E-state index contributed by atoms with van der Waals surface area (Å²) in [6.07, 6.45) is 1.55. The van der Waals surface area contributed by atoms with E-state index in [4.69, 9.17) is 10.5 Å². The average Bonchev–Trinajstić information content (AvgIpc) is 2.53. The minimum Gasteiger partial charge on any atom is -0.192 e. The van der Waals surface area contributed by atoms with Gasteiger partial charge in [0.2, 0.25) is 0 Å². The third-order valence-corrected chi connectivity index (χ3v) is 2.59. The Kier molecular flexibility index (Phi) is 4.34. The van der Waals surface area contributed by atoms with Gasteiger partial charge in [0.15, 0.2) is 0 Å². The number of hydrogen-bond acceptors (Lipinski definition) is 2. The molecule has 2 rings (SSSR count). The molecule has 0 aliphatic heterocycles. The minimum absolute atomic E-state index is 0.0909. The van der Waals surface area contributed by atoms with Crippen LogP contribution in [0.1, 0.15) is 16.7 Å². The summed E-state index contributed by atoms with van der Waals surface area (Å²) in [5.41, 5.74) is 2.76. The predicted octanol–water partition coefficient (Wildman–Crippen LogP) is 3.52. The van der Waals surface area contributed by atoms with Crippen LogP contribution in [-0.4, -0.2) is 0 Å². The zero-order chi connectivity index (χ0) is 14.2. The summed E-state index contributed by atoms with van der Waals surface area (Å²) in [7, 11) is 0. The Balaban J connectivity index is 2.19. The van der Waals surface area contributed by atoms with Gasteiger partial charge in [0.05, 0.1) is 0 Å². The van der Waals surface area contributed by atoms with Crippen LogP contribution in [0.5, 0.6) is 0 Å². The number of nitriles is 2. The maximum Gasteiger partial charge on any atom is 0.130 e. The maximum atomic E-state index is 8.69. The second kappa shape index (κ2) is 6.60. The van der Waals surface area contributed by atoms with Crippen molar-refractivity contribution in [2.75, 3.05) is 0 Å². The van der Waals surface area contributed by atoms with Gasteiger partial charge in [0.1, 0.15) is 17.7 Å². The van der Waals surface area contributed by atoms with E-state index < -0.39 is 0 Å². The van der Waals surface area contributed by atoms with Crippen molar-refractivity contribution in [2.24, 2.45) is 0 Å². The first kappa shape index (κ1) is 13.2. The number of allylic oxidation sites excluding steroid dienone is 1. The van der Waals surface area contributed by atoms with Crippen molar-refractivity contribution >= 4 is 6.08 Å². The molecule has 0 amide bonds. The highest BCUT2D eigenvalue weighted by molar-refractivity contribution is 5.62. The van der Waals surface area contributed by atoms with Crippen LogP contribution in [0.15, 0.2) is 60.2 Å². The number of rotatable bonds is 1. The van der Waals surface area contributed by atoms with Gasteiger partial charge in [0, 0.05) is 11.1 Å². The molecule has 0 atom stereocenters. The van der Waals surface area contributed by atoms with Crippen LogP contribution < -0.4 is 0 Å². The summed E-state index contributed by atoms with van der Waals surface area (Å²) >= 11 is 0. The first-order chi connectivity index (χ1) is 9.81. The summed E-state index contributed by atoms with van der Waals surface area (Å²) in [6, 6.07) is 20.8. The van der Waals surface area contributed by atoms with E-state index in [0.29, 0.717) is 0 Å². The number of nitrogens with zero attached hydrogens (tertiary/aromatic N) is 2. The quantitative estimate of drug-likeness (QED) is 0.577. The molecule has 0 aliphatic rings. The molecule has 2 nitrogen and oxygen atoms in total. The zero-order valence-electron chi connectivity index (χ0n) is 10.7. The molecule has 2 aromatic carbocycles. The molecule has 0 bridgehead atoms. The molecule has 0 aliphatic carbocycles. The molecule has 0 saturated heterocycles. The van der Waals surface area contributed by atoms with E-state index >= 15 is 0 Å². The largest absolute Gasteiger partial charge is 0.192 e. The molecular weight excluding hydrogens is 244 g/mol. The Hall–Kier alpha value is -3.28. The molecule has 2 aromatic rings. The van der Waals surface area contributed by atoms with Crippen LogP contribution in [0.25, 0.3) is 6.08 Å². The fraction of sp³-hybridized carbons (Fsp3) is 0. The van der Waals surface area contributed by atoms with Gasteiger partial charge in [-0.05, 0) is 35.9 Å². The van der Waals surface area contributed by atoms with E-state index in [1.807, 2.05) is 66.7 Å². The third kappa shape index (κ3) is 3.61. The van der Waals surface area contributed by atoms with Crippen molar-refractivity contribution < 1.29 is 0 Å². The van der Waals surface area contributed by atoms with Crippen molar-refractivity contribution in [1.29, 1.82) is 10.5 Å². The van der Waals surface area contributed by atoms with Crippen molar-refractivity contribution in [1.82, 2.24) is 0 Å². The normalized spacial score (nSPS) is 8.50. The van der Waals surface area contributed by atoms with Gasteiger partial charge in [-0.3, -0.25) is 0 Å². The molecule has 0 aromatic heterocycles. The van der Waals surface area contributed by atoms with E-state index in [1.165, 1.54) is 0 Å². The molecule has 0 spiro atoms. The third-order valence-electron chi connectivity index (χ3n) is 2.59. The fourth-order valence-electron chi connectivity index (χ4n) is 1.58. The van der Waals surface area contributed by atoms with Crippen LogP contribution in [0.4, 0.5) is 0 Å². The Labute approximate surface area is 118 Å². The highest BCUT2D eigenvalue weighted by Gasteiger charge is 1.94. The second-order valence-electron chi connectivity index (χ2n) is 4.02. The summed E-state index contributed by atoms with van der Waals surface area (Å²) in [5, 5.41) is 17.4. The summed E-state index contributed by atoms with van der Waals surface area (Å²) < 4.78 is 0. The lowest BCUT2D eigenvalue weighted by molar-refractivity contribution is 1.47. The van der Waals surface area contributed by atoms with Gasteiger partial charge in [-0.25, -0.2) is 0 Å². The number of hydrogen-bond donors (Lipinski definition) is 0. The number of benzene rings is 2. The van der Waals surface area contributed by atoms with Crippen LogP contribution in [0.3, 0.4) is 0 Å². The Morgan fingerprint density at radius 3 is 1.85 bits per heavy atom. The molecule has 92 valence electrons. The molecule has 0 heterocycles. The predicted molar refractivity (Wildman–Crippen MR) is 78.1 cm³/mol. The first-order valence-electron chi connectivity index (χ1n) is 6.01. The Morgan fingerprint density at radius 1 is 0.750 bits per heavy atom. The van der Waals surface area contributed by atoms with Crippen molar-refractivity contribution in [2.45, 2.75) is 0 Å². The van der Waals surface area contributed by atoms with Gasteiger partial charge in [-0.15, -0.1) is 0 Å². The van der Waals surface area contributed by atoms with Crippen molar-refractivity contribution in [3.63, 3.8) is 0 Å². The van der Waals surface area contributed by atoms with E-state index in [2.05, 4.69) is 11.8 Å². The summed E-state index contributed by atoms with van der Waals surface area (Å²) in [6.45, 7) is 0. The highest BCUT2D eigenvalue weighted by Crippen LogP contribution is 2.08. The average molecular weight is 254 g/mol. The SMILES string of the molecule is N#CC(C#N)=Cc1ccc(C#Cc2ccccc2)cc1. The standard InChI is InChI=1S/C18H10N2/c19-13-18(14-20)12-17-10-8-16(9-11-17)7-6-15-4-2-1-3-5-15/h1-5,8-12H. The van der Waals surface area contributed by atoms with Gasteiger partial charge in [0.25, 0.3) is 0 Å². The van der Waals surface area contributed by atoms with Gasteiger partial charge in [-0.2, -0.15) is 10.5 Å². The van der Waals surface area contributed by atoms with E-state index in [-0.39, 0.29) is 5.57 Å². The molecular formula is C18H10N2. The smallest absolute Gasteiger partial charge is 0.130 e. The van der Waals surface area contributed by atoms with Gasteiger partial charge in [-0.1, -0.05) is 42.2 Å². The Morgan fingerprint density at radius 2 is 1.30 bits per heavy atom. The zero-order valence-corrected chi connectivity index (χ0v) is 10.7. The maximum absolute atomic E-state index is 8.69. The Bertz CT molecular complexity index is 743. The lowest BCUT2D eigenvalue weighted by Crippen LogP contribution is -1.79. The van der Waals surface area contributed by atoms with Crippen LogP contribution in [-0.2, 0) is 0 Å². The fourth-order valence-corrected chi connectivity index (χ4v) is 1.58. The molecule has 0 fully saturated rings. The van der Waals surface area contributed by atoms with E-state index in [0.717, 1.165) is 16.7 Å². The van der Waals surface area contributed by atoms with Gasteiger partial charge >= 0.3 is 0 Å². The topological polar surface area (TPSA) is 47.6 Å². The van der Waals surface area contributed by atoms with Crippen molar-refractivity contribution in [3.05, 3.63) is 76.9 Å². The van der Waals surface area contributed by atoms with Crippen LogP contribution >= 0.6 is 0 Å². The molecule has 0 radical (unpaired) electrons. The molecule has 20 heavy (non-hydrogen) atoms. The lowest BCUT2D eigenvalue weighted by Gasteiger charge is -1.94. The minimum atomic E-state index is 0.0909. The van der Waals surface area contributed by atoms with Crippen LogP contribution in [0, 0.1) is 34.5 Å². The first-order valence-corrected chi connectivity index (χ1v) is 6.01. The lowest BCUT2D eigenvalue weighted by atomic mass is 10.1. The highest BCUT2D eigenvalue weighted by atomic mass is 14.3. The van der Waals surface area contributed by atoms with E-state index in [9.17, 15) is 0 Å². The molecule has 0 N–H and O–H groups in total. The summed E-state index contributed by atoms with van der Waals surface area (Å²) in [5.74, 6) is 6.14. The second-order valence-corrected chi connectivity index (χ2v) is 4.02.